The maximum absolute atomic E-state index is 11.9. The molecule has 0 N–H and O–H groups in total. The number of rotatable bonds is 4. The monoisotopic (exact) mass is 291 g/mol. The van der Waals surface area contributed by atoms with E-state index in [1.54, 1.807) is 0 Å². The number of fused-ring (bicyclic) bond motifs is 1. The molecule has 0 amide bonds. The van der Waals surface area contributed by atoms with Crippen molar-refractivity contribution in [3.63, 3.8) is 0 Å². The SMILES string of the molecule is O=[N+]([O-])c1ccc(S(=O)(=O)CCCl)c2nonc12. The van der Waals surface area contributed by atoms with Crippen molar-refractivity contribution in [1.82, 2.24) is 10.3 Å². The molecule has 0 fully saturated rings. The fourth-order valence-electron chi connectivity index (χ4n) is 1.44. The van der Waals surface area contributed by atoms with E-state index < -0.39 is 14.8 Å². The van der Waals surface area contributed by atoms with Gasteiger partial charge in [-0.05, 0) is 16.4 Å². The van der Waals surface area contributed by atoms with E-state index in [2.05, 4.69) is 14.9 Å². The van der Waals surface area contributed by atoms with Crippen molar-refractivity contribution < 1.29 is 18.0 Å². The van der Waals surface area contributed by atoms with Gasteiger partial charge in [0, 0.05) is 11.9 Å². The number of nitro groups is 1. The minimum absolute atomic E-state index is 0.0912. The molecule has 1 aromatic carbocycles. The summed E-state index contributed by atoms with van der Waals surface area (Å²) >= 11 is 5.40. The van der Waals surface area contributed by atoms with Crippen molar-refractivity contribution in [2.45, 2.75) is 4.90 Å². The summed E-state index contributed by atoms with van der Waals surface area (Å²) in [5.41, 5.74) is -0.721. The predicted octanol–water partition coefficient (Wildman–Crippen LogP) is 1.14. The average Bonchev–Trinajstić information content (AvgIpc) is 2.75. The van der Waals surface area contributed by atoms with Crippen LogP contribution in [0.5, 0.6) is 0 Å². The number of nitro benzene ring substituents is 1. The van der Waals surface area contributed by atoms with Gasteiger partial charge in [0.2, 0.25) is 5.52 Å². The Balaban J connectivity index is 2.73. The molecule has 0 bridgehead atoms. The maximum Gasteiger partial charge on any atom is 0.300 e. The Morgan fingerprint density at radius 2 is 2.00 bits per heavy atom. The van der Waals surface area contributed by atoms with Gasteiger partial charge in [0.1, 0.15) is 0 Å². The molecule has 0 aliphatic rings. The number of hydrogen-bond donors (Lipinski definition) is 0. The summed E-state index contributed by atoms with van der Waals surface area (Å²) in [7, 11) is -3.67. The third-order valence-corrected chi connectivity index (χ3v) is 4.39. The van der Waals surface area contributed by atoms with Gasteiger partial charge in [-0.2, -0.15) is 0 Å². The molecular formula is C8H6ClN3O5S. The first-order chi connectivity index (χ1) is 8.47. The Bertz CT molecular complexity index is 711. The number of benzene rings is 1. The number of hydrogen-bond acceptors (Lipinski definition) is 7. The summed E-state index contributed by atoms with van der Waals surface area (Å²) in [5, 5.41) is 17.5. The summed E-state index contributed by atoms with van der Waals surface area (Å²) in [6.45, 7) is 0. The molecule has 0 unspecified atom stereocenters. The standard InChI is InChI=1S/C8H6ClN3O5S/c9-3-4-18(15,16)6-2-1-5(12(13)14)7-8(6)11-17-10-7/h1-2H,3-4H2. The first-order valence-electron chi connectivity index (χ1n) is 4.66. The van der Waals surface area contributed by atoms with E-state index in [0.29, 0.717) is 0 Å². The summed E-state index contributed by atoms with van der Waals surface area (Å²) in [4.78, 5) is 9.86. The lowest BCUT2D eigenvalue weighted by atomic mass is 10.3. The van der Waals surface area contributed by atoms with Gasteiger partial charge in [-0.25, -0.2) is 13.0 Å². The van der Waals surface area contributed by atoms with Gasteiger partial charge in [-0.1, -0.05) is 0 Å². The molecule has 96 valence electrons. The van der Waals surface area contributed by atoms with Crippen LogP contribution in [0, 0.1) is 10.1 Å². The van der Waals surface area contributed by atoms with Gasteiger partial charge in [0.25, 0.3) is 0 Å². The van der Waals surface area contributed by atoms with E-state index >= 15 is 0 Å². The molecule has 0 saturated heterocycles. The highest BCUT2D eigenvalue weighted by atomic mass is 35.5. The highest BCUT2D eigenvalue weighted by Gasteiger charge is 2.25. The summed E-state index contributed by atoms with van der Waals surface area (Å²) in [6.07, 6.45) is 0. The highest BCUT2D eigenvalue weighted by Crippen LogP contribution is 2.28. The first kappa shape index (κ1) is 12.7. The molecule has 2 aromatic rings. The van der Waals surface area contributed by atoms with Gasteiger partial charge < -0.3 is 0 Å². The number of non-ortho nitro benzene ring substituents is 1. The minimum Gasteiger partial charge on any atom is -0.258 e. The lowest BCUT2D eigenvalue weighted by Gasteiger charge is -2.01. The largest absolute Gasteiger partial charge is 0.300 e. The van der Waals surface area contributed by atoms with Crippen LogP contribution in [0.3, 0.4) is 0 Å². The molecule has 0 spiro atoms. The van der Waals surface area contributed by atoms with E-state index in [1.807, 2.05) is 0 Å². The number of aromatic nitrogens is 2. The van der Waals surface area contributed by atoms with Crippen LogP contribution in [0.1, 0.15) is 0 Å². The van der Waals surface area contributed by atoms with Crippen molar-refractivity contribution in [1.29, 1.82) is 0 Å². The van der Waals surface area contributed by atoms with Gasteiger partial charge in [0.05, 0.1) is 15.6 Å². The van der Waals surface area contributed by atoms with Crippen LogP contribution >= 0.6 is 11.6 Å². The topological polar surface area (TPSA) is 116 Å². The second-order valence-electron chi connectivity index (χ2n) is 3.31. The number of alkyl halides is 1. The Kier molecular flexibility index (Phi) is 3.18. The van der Waals surface area contributed by atoms with E-state index in [9.17, 15) is 18.5 Å². The van der Waals surface area contributed by atoms with Gasteiger partial charge in [-0.3, -0.25) is 10.1 Å². The molecule has 0 aliphatic carbocycles. The number of nitrogens with zero attached hydrogens (tertiary/aromatic N) is 3. The Labute approximate surface area is 106 Å². The minimum atomic E-state index is -3.67. The van der Waals surface area contributed by atoms with Crippen molar-refractivity contribution in [3.8, 4) is 0 Å². The zero-order chi connectivity index (χ0) is 13.3. The van der Waals surface area contributed by atoms with Crippen LogP contribution in [0.4, 0.5) is 5.69 Å². The molecule has 8 nitrogen and oxygen atoms in total. The van der Waals surface area contributed by atoms with Crippen LogP contribution in [0.25, 0.3) is 11.0 Å². The Hall–Kier alpha value is -1.74. The molecular weight excluding hydrogens is 286 g/mol. The molecule has 1 aromatic heterocycles. The molecule has 10 heteroatoms. The molecule has 2 rings (SSSR count). The van der Waals surface area contributed by atoms with Gasteiger partial charge in [-0.15, -0.1) is 11.6 Å². The molecule has 1 heterocycles. The fourth-order valence-corrected chi connectivity index (χ4v) is 3.18. The van der Waals surface area contributed by atoms with E-state index in [1.165, 1.54) is 0 Å². The normalized spacial score (nSPS) is 11.8. The smallest absolute Gasteiger partial charge is 0.258 e. The number of sulfone groups is 1. The second kappa shape index (κ2) is 4.50. The first-order valence-corrected chi connectivity index (χ1v) is 6.84. The zero-order valence-corrected chi connectivity index (χ0v) is 10.3. The molecule has 0 aliphatic heterocycles. The predicted molar refractivity (Wildman–Crippen MR) is 61.2 cm³/mol. The van der Waals surface area contributed by atoms with E-state index in [0.717, 1.165) is 12.1 Å². The molecule has 0 radical (unpaired) electrons. The summed E-state index contributed by atoms with van der Waals surface area (Å²) < 4.78 is 28.1. The lowest BCUT2D eigenvalue weighted by Crippen LogP contribution is -2.09. The number of halogens is 1. The molecule has 18 heavy (non-hydrogen) atoms. The Morgan fingerprint density at radius 1 is 1.33 bits per heavy atom. The van der Waals surface area contributed by atoms with Crippen LogP contribution < -0.4 is 0 Å². The van der Waals surface area contributed by atoms with E-state index in [4.69, 9.17) is 11.6 Å². The second-order valence-corrected chi connectivity index (χ2v) is 5.76. The van der Waals surface area contributed by atoms with Crippen LogP contribution in [0.15, 0.2) is 21.7 Å². The zero-order valence-electron chi connectivity index (χ0n) is 8.74. The summed E-state index contributed by atoms with van der Waals surface area (Å²) in [5.74, 6) is -0.388. The molecule has 0 atom stereocenters. The van der Waals surface area contributed by atoms with Crippen molar-refractivity contribution in [3.05, 3.63) is 22.2 Å². The van der Waals surface area contributed by atoms with Gasteiger partial charge in [0.15, 0.2) is 15.4 Å². The summed E-state index contributed by atoms with van der Waals surface area (Å²) in [6, 6.07) is 2.15. The molecule has 0 saturated carbocycles. The van der Waals surface area contributed by atoms with Crippen LogP contribution in [-0.4, -0.2) is 35.3 Å². The van der Waals surface area contributed by atoms with Crippen molar-refractivity contribution in [2.24, 2.45) is 0 Å². The third kappa shape index (κ3) is 2.02. The average molecular weight is 292 g/mol. The van der Waals surface area contributed by atoms with Crippen LogP contribution in [0.2, 0.25) is 0 Å². The fraction of sp³-hybridized carbons (Fsp3) is 0.250. The maximum atomic E-state index is 11.9. The van der Waals surface area contributed by atoms with Crippen molar-refractivity contribution >= 4 is 38.2 Å². The third-order valence-electron chi connectivity index (χ3n) is 2.23. The lowest BCUT2D eigenvalue weighted by molar-refractivity contribution is -0.383. The van der Waals surface area contributed by atoms with Crippen LogP contribution in [-0.2, 0) is 9.84 Å². The Morgan fingerprint density at radius 3 is 2.61 bits per heavy atom. The van der Waals surface area contributed by atoms with Gasteiger partial charge >= 0.3 is 5.69 Å². The van der Waals surface area contributed by atoms with E-state index in [-0.39, 0.29) is 33.2 Å². The highest BCUT2D eigenvalue weighted by molar-refractivity contribution is 7.91. The van der Waals surface area contributed by atoms with Crippen molar-refractivity contribution in [2.75, 3.05) is 11.6 Å². The quantitative estimate of drug-likeness (QED) is 0.471.